The Hall–Kier alpha value is -3.92. The van der Waals surface area contributed by atoms with E-state index >= 15 is 0 Å². The van der Waals surface area contributed by atoms with Crippen molar-refractivity contribution in [3.8, 4) is 17.2 Å². The fourth-order valence-corrected chi connectivity index (χ4v) is 2.55. The van der Waals surface area contributed by atoms with E-state index in [-0.39, 0.29) is 16.9 Å². The number of aliphatic hydroxyl groups excluding tert-OH is 1. The molecular formula is C21H21N3O7. The summed E-state index contributed by atoms with van der Waals surface area (Å²) < 4.78 is 15.0. The number of fused-ring (bicyclic) bond motifs is 1. The molecule has 10 heteroatoms. The second-order valence-electron chi connectivity index (χ2n) is 6.73. The lowest BCUT2D eigenvalue weighted by molar-refractivity contribution is -0.180. The maximum absolute atomic E-state index is 12.4. The molecule has 0 aliphatic rings. The van der Waals surface area contributed by atoms with Gasteiger partial charge in [-0.25, -0.2) is 9.59 Å². The van der Waals surface area contributed by atoms with Gasteiger partial charge in [-0.15, -0.1) is 15.0 Å². The van der Waals surface area contributed by atoms with Crippen LogP contribution >= 0.6 is 0 Å². The summed E-state index contributed by atoms with van der Waals surface area (Å²) in [5, 5.41) is 28.6. The van der Waals surface area contributed by atoms with Crippen molar-refractivity contribution < 1.29 is 34.0 Å². The molecule has 0 saturated heterocycles. The van der Waals surface area contributed by atoms with Gasteiger partial charge in [0.15, 0.2) is 6.10 Å². The molecule has 0 aliphatic carbocycles. The van der Waals surface area contributed by atoms with Crippen LogP contribution in [0.4, 0.5) is 0 Å². The van der Waals surface area contributed by atoms with E-state index in [9.17, 15) is 19.8 Å². The Labute approximate surface area is 177 Å². The summed E-state index contributed by atoms with van der Waals surface area (Å²) in [6.07, 6.45) is -2.76. The lowest BCUT2D eigenvalue weighted by Gasteiger charge is -2.19. The van der Waals surface area contributed by atoms with Crippen molar-refractivity contribution in [3.05, 3.63) is 54.1 Å². The van der Waals surface area contributed by atoms with Crippen molar-refractivity contribution in [2.24, 2.45) is 0 Å². The number of rotatable bonds is 7. The molecule has 3 aromatic rings. The minimum absolute atomic E-state index is 0.0774. The molecular weight excluding hydrogens is 406 g/mol. The average molecular weight is 427 g/mol. The average Bonchev–Trinajstić information content (AvgIpc) is 3.16. The van der Waals surface area contributed by atoms with Crippen LogP contribution in [0.5, 0.6) is 11.5 Å². The summed E-state index contributed by atoms with van der Waals surface area (Å²) in [6.45, 7) is 6.23. The van der Waals surface area contributed by atoms with Gasteiger partial charge in [-0.3, -0.25) is 0 Å². The third-order valence-electron chi connectivity index (χ3n) is 4.28. The number of carbonyl (C=O) groups excluding carboxylic acids is 2. The number of aliphatic hydroxyl groups is 1. The first-order valence-electron chi connectivity index (χ1n) is 9.19. The van der Waals surface area contributed by atoms with Crippen LogP contribution in [0.3, 0.4) is 0 Å². The van der Waals surface area contributed by atoms with Crippen LogP contribution in [0.15, 0.2) is 48.6 Å². The molecule has 0 bridgehead atoms. The number of phenols is 1. The molecule has 1 aromatic heterocycles. The van der Waals surface area contributed by atoms with E-state index < -0.39 is 24.3 Å². The molecule has 0 amide bonds. The Kier molecular flexibility index (Phi) is 6.21. The van der Waals surface area contributed by atoms with Crippen molar-refractivity contribution in [2.45, 2.75) is 26.2 Å². The van der Waals surface area contributed by atoms with Gasteiger partial charge in [0.05, 0.1) is 12.7 Å². The largest absolute Gasteiger partial charge is 0.505 e. The third kappa shape index (κ3) is 4.81. The first-order valence-corrected chi connectivity index (χ1v) is 9.19. The summed E-state index contributed by atoms with van der Waals surface area (Å²) in [4.78, 5) is 25.1. The maximum Gasteiger partial charge on any atom is 0.338 e. The van der Waals surface area contributed by atoms with E-state index in [1.54, 1.807) is 18.2 Å². The van der Waals surface area contributed by atoms with Crippen LogP contribution < -0.4 is 4.74 Å². The number of phenolic OH excluding ortho intramolecular Hbond substituents is 1. The van der Waals surface area contributed by atoms with Crippen LogP contribution in [-0.2, 0) is 14.3 Å². The zero-order valence-corrected chi connectivity index (χ0v) is 17.1. The van der Waals surface area contributed by atoms with Gasteiger partial charge in [-0.2, -0.15) is 0 Å². The van der Waals surface area contributed by atoms with Gasteiger partial charge in [0.25, 0.3) is 0 Å². The Balaban J connectivity index is 1.77. The summed E-state index contributed by atoms with van der Waals surface area (Å²) in [7, 11) is 1.49. The fraction of sp³-hybridized carbons (Fsp3) is 0.238. The Morgan fingerprint density at radius 2 is 1.81 bits per heavy atom. The van der Waals surface area contributed by atoms with E-state index in [1.807, 2.05) is 0 Å². The highest BCUT2D eigenvalue weighted by Crippen LogP contribution is 2.26. The van der Waals surface area contributed by atoms with Gasteiger partial charge >= 0.3 is 11.9 Å². The number of methoxy groups -OCH3 is 1. The highest BCUT2D eigenvalue weighted by Gasteiger charge is 2.24. The number of aromatic nitrogens is 3. The van der Waals surface area contributed by atoms with Gasteiger partial charge in [-0.1, -0.05) is 6.58 Å². The van der Waals surface area contributed by atoms with E-state index in [0.29, 0.717) is 22.5 Å². The van der Waals surface area contributed by atoms with Crippen molar-refractivity contribution in [2.75, 3.05) is 7.11 Å². The van der Waals surface area contributed by atoms with E-state index in [1.165, 1.54) is 44.0 Å². The molecule has 2 atom stereocenters. The Bertz CT molecular complexity index is 1160. The molecule has 2 N–H and O–H groups in total. The molecule has 2 unspecified atom stereocenters. The molecule has 0 spiro atoms. The summed E-state index contributed by atoms with van der Waals surface area (Å²) in [5.41, 5.74) is 1.46. The molecule has 2 aromatic carbocycles. The summed E-state index contributed by atoms with van der Waals surface area (Å²) >= 11 is 0. The van der Waals surface area contributed by atoms with Crippen LogP contribution in [-0.4, -0.2) is 56.6 Å². The molecule has 1 heterocycles. The van der Waals surface area contributed by atoms with Gasteiger partial charge in [0, 0.05) is 11.6 Å². The molecule has 10 nitrogen and oxygen atoms in total. The number of benzene rings is 2. The number of ether oxygens (including phenoxy) is 3. The van der Waals surface area contributed by atoms with Crippen molar-refractivity contribution in [1.82, 2.24) is 15.0 Å². The normalized spacial score (nSPS) is 12.8. The lowest BCUT2D eigenvalue weighted by Crippen LogP contribution is -2.33. The van der Waals surface area contributed by atoms with Crippen molar-refractivity contribution in [3.63, 3.8) is 0 Å². The zero-order chi connectivity index (χ0) is 22.7. The molecule has 3 rings (SSSR count). The lowest BCUT2D eigenvalue weighted by atomic mass is 10.2. The second kappa shape index (κ2) is 8.84. The quantitative estimate of drug-likeness (QED) is 0.330. The molecule has 162 valence electrons. The third-order valence-corrected chi connectivity index (χ3v) is 4.28. The van der Waals surface area contributed by atoms with Crippen LogP contribution in [0, 0.1) is 0 Å². The topological polar surface area (TPSA) is 133 Å². The number of carbonyl (C=O) groups is 2. The zero-order valence-electron chi connectivity index (χ0n) is 17.1. The second-order valence-corrected chi connectivity index (χ2v) is 6.73. The van der Waals surface area contributed by atoms with E-state index in [2.05, 4.69) is 16.8 Å². The van der Waals surface area contributed by atoms with Gasteiger partial charge in [-0.05, 0) is 44.2 Å². The number of hydrogen-bond donors (Lipinski definition) is 2. The number of hydrogen-bond acceptors (Lipinski definition) is 9. The molecule has 0 saturated carbocycles. The predicted molar refractivity (Wildman–Crippen MR) is 109 cm³/mol. The minimum atomic E-state index is -1.64. The van der Waals surface area contributed by atoms with Crippen LogP contribution in [0.25, 0.3) is 16.7 Å². The van der Waals surface area contributed by atoms with Gasteiger partial charge in [0.1, 0.15) is 28.2 Å². The van der Waals surface area contributed by atoms with Crippen LogP contribution in [0.2, 0.25) is 0 Å². The van der Waals surface area contributed by atoms with Crippen molar-refractivity contribution >= 4 is 23.0 Å². The summed E-state index contributed by atoms with van der Waals surface area (Å²) in [6, 6.07) is 9.19. The van der Waals surface area contributed by atoms with Crippen molar-refractivity contribution in [1.29, 1.82) is 0 Å². The fourth-order valence-electron chi connectivity index (χ4n) is 2.55. The maximum atomic E-state index is 12.4. The Morgan fingerprint density at radius 3 is 2.45 bits per heavy atom. The van der Waals surface area contributed by atoms with Crippen LogP contribution in [0.1, 0.15) is 24.2 Å². The standard InChI is InChI=1S/C21H21N3O7/c1-11(2)19(26)31-20(27)12(3)30-21(28)13-5-7-15-16(9-13)23-24(22-15)17-8-6-14(29-4)10-18(17)25/h5-10,12,20,25,27H,1H2,2-4H3. The molecule has 0 aliphatic heterocycles. The first-order chi connectivity index (χ1) is 14.7. The van der Waals surface area contributed by atoms with Gasteiger partial charge in [0.2, 0.25) is 6.29 Å². The SMILES string of the molecule is C=C(C)C(=O)OC(O)C(C)OC(=O)c1ccc2nn(-c3ccc(OC)cc3O)nc2c1. The summed E-state index contributed by atoms with van der Waals surface area (Å²) in [5.74, 6) is -1.14. The molecule has 0 fully saturated rings. The van der Waals surface area contributed by atoms with Gasteiger partial charge < -0.3 is 24.4 Å². The monoisotopic (exact) mass is 427 g/mol. The molecule has 0 radical (unpaired) electrons. The Morgan fingerprint density at radius 1 is 1.10 bits per heavy atom. The number of esters is 2. The minimum Gasteiger partial charge on any atom is -0.505 e. The first kappa shape index (κ1) is 21.8. The molecule has 31 heavy (non-hydrogen) atoms. The predicted octanol–water partition coefficient (Wildman–Crippen LogP) is 2.12. The highest BCUT2D eigenvalue weighted by atomic mass is 16.7. The highest BCUT2D eigenvalue weighted by molar-refractivity contribution is 5.93. The number of aromatic hydroxyl groups is 1. The van der Waals surface area contributed by atoms with E-state index in [4.69, 9.17) is 14.2 Å². The number of nitrogens with zero attached hydrogens (tertiary/aromatic N) is 3. The smallest absolute Gasteiger partial charge is 0.338 e. The van der Waals surface area contributed by atoms with E-state index in [0.717, 1.165) is 0 Å².